The molecule has 0 amide bonds. The van der Waals surface area contributed by atoms with Crippen molar-refractivity contribution in [2.45, 2.75) is 6.42 Å². The smallest absolute Gasteiger partial charge is 0.265 e. The first kappa shape index (κ1) is 14.0. The van der Waals surface area contributed by atoms with Crippen LogP contribution in [0.1, 0.15) is 12.1 Å². The van der Waals surface area contributed by atoms with Gasteiger partial charge in [0.1, 0.15) is 0 Å². The standard InChI is InChI=1S/C13H12ClNO3S/c14-11-6-4-10-5-7-12(15-13(10)9-11)3-1-2-8-19(16,17)18/h1,3-7,9H,2,8H2,(H,16,17,18). The van der Waals surface area contributed by atoms with Crippen LogP contribution in [-0.2, 0) is 10.1 Å². The summed E-state index contributed by atoms with van der Waals surface area (Å²) in [6.45, 7) is 0. The van der Waals surface area contributed by atoms with Gasteiger partial charge in [-0.2, -0.15) is 8.42 Å². The topological polar surface area (TPSA) is 67.3 Å². The Labute approximate surface area is 116 Å². The molecule has 2 aromatic rings. The summed E-state index contributed by atoms with van der Waals surface area (Å²) in [5.41, 5.74) is 1.49. The summed E-state index contributed by atoms with van der Waals surface area (Å²) in [7, 11) is -3.91. The van der Waals surface area contributed by atoms with Crippen LogP contribution in [0, 0.1) is 0 Å². The predicted molar refractivity (Wildman–Crippen MR) is 76.8 cm³/mol. The molecule has 0 saturated carbocycles. The van der Waals surface area contributed by atoms with Gasteiger partial charge in [0.2, 0.25) is 0 Å². The first-order chi connectivity index (χ1) is 8.94. The van der Waals surface area contributed by atoms with E-state index >= 15 is 0 Å². The Hall–Kier alpha value is -1.43. The Kier molecular flexibility index (Phi) is 4.19. The van der Waals surface area contributed by atoms with E-state index in [0.29, 0.717) is 10.7 Å². The van der Waals surface area contributed by atoms with Crippen molar-refractivity contribution in [2.75, 3.05) is 5.75 Å². The van der Waals surface area contributed by atoms with Crippen molar-refractivity contribution in [2.24, 2.45) is 0 Å². The highest BCUT2D eigenvalue weighted by Gasteiger charge is 2.01. The Balaban J connectivity index is 2.15. The molecule has 1 aromatic carbocycles. The van der Waals surface area contributed by atoms with Crippen molar-refractivity contribution >= 4 is 38.7 Å². The second-order valence-electron chi connectivity index (χ2n) is 4.05. The molecule has 1 N–H and O–H groups in total. The summed E-state index contributed by atoms with van der Waals surface area (Å²) >= 11 is 5.90. The maximum Gasteiger partial charge on any atom is 0.265 e. The van der Waals surface area contributed by atoms with Crippen LogP contribution in [0.4, 0.5) is 0 Å². The number of nitrogens with zero attached hydrogens (tertiary/aromatic N) is 1. The highest BCUT2D eigenvalue weighted by Crippen LogP contribution is 2.18. The average molecular weight is 298 g/mol. The monoisotopic (exact) mass is 297 g/mol. The minimum absolute atomic E-state index is 0.244. The van der Waals surface area contributed by atoms with Gasteiger partial charge in [-0.15, -0.1) is 0 Å². The average Bonchev–Trinajstić information content (AvgIpc) is 2.33. The van der Waals surface area contributed by atoms with Crippen LogP contribution < -0.4 is 0 Å². The molecule has 0 fully saturated rings. The van der Waals surface area contributed by atoms with E-state index in [4.69, 9.17) is 16.2 Å². The van der Waals surface area contributed by atoms with E-state index in [-0.39, 0.29) is 12.2 Å². The molecule has 0 bridgehead atoms. The molecule has 0 aliphatic rings. The molecule has 100 valence electrons. The molecule has 0 radical (unpaired) electrons. The SMILES string of the molecule is O=S(=O)(O)CCC=Cc1ccc2ccc(Cl)cc2n1. The zero-order chi connectivity index (χ0) is 13.9. The van der Waals surface area contributed by atoms with Crippen LogP contribution in [0.2, 0.25) is 5.02 Å². The molecule has 19 heavy (non-hydrogen) atoms. The van der Waals surface area contributed by atoms with Gasteiger partial charge in [-0.05, 0) is 30.7 Å². The molecule has 0 saturated heterocycles. The zero-order valence-corrected chi connectivity index (χ0v) is 11.5. The summed E-state index contributed by atoms with van der Waals surface area (Å²) in [6, 6.07) is 9.21. The number of halogens is 1. The van der Waals surface area contributed by atoms with Crippen molar-refractivity contribution in [3.8, 4) is 0 Å². The zero-order valence-electron chi connectivity index (χ0n) is 9.95. The molecule has 0 unspecified atom stereocenters. The van der Waals surface area contributed by atoms with Crippen LogP contribution in [0.3, 0.4) is 0 Å². The number of rotatable bonds is 4. The summed E-state index contributed by atoms with van der Waals surface area (Å²) in [6.07, 6.45) is 3.62. The number of pyridine rings is 1. The fraction of sp³-hybridized carbons (Fsp3) is 0.154. The Bertz CT molecular complexity index is 726. The number of hydrogen-bond acceptors (Lipinski definition) is 3. The van der Waals surface area contributed by atoms with Crippen molar-refractivity contribution in [3.05, 3.63) is 47.1 Å². The number of allylic oxidation sites excluding steroid dienone is 1. The largest absolute Gasteiger partial charge is 0.286 e. The normalized spacial score (nSPS) is 12.3. The van der Waals surface area contributed by atoms with Crippen molar-refractivity contribution in [1.29, 1.82) is 0 Å². The van der Waals surface area contributed by atoms with E-state index in [9.17, 15) is 8.42 Å². The molecular formula is C13H12ClNO3S. The van der Waals surface area contributed by atoms with E-state index in [1.165, 1.54) is 0 Å². The van der Waals surface area contributed by atoms with E-state index in [1.54, 1.807) is 24.3 Å². The summed E-state index contributed by atoms with van der Waals surface area (Å²) in [5.74, 6) is -0.289. The molecule has 0 aliphatic carbocycles. The van der Waals surface area contributed by atoms with Crippen LogP contribution in [0.15, 0.2) is 36.4 Å². The molecule has 1 aromatic heterocycles. The highest BCUT2D eigenvalue weighted by atomic mass is 35.5. The van der Waals surface area contributed by atoms with E-state index in [1.807, 2.05) is 18.2 Å². The van der Waals surface area contributed by atoms with Crippen molar-refractivity contribution in [3.63, 3.8) is 0 Å². The molecular weight excluding hydrogens is 286 g/mol. The number of fused-ring (bicyclic) bond motifs is 1. The van der Waals surface area contributed by atoms with Crippen molar-refractivity contribution < 1.29 is 13.0 Å². The van der Waals surface area contributed by atoms with E-state index < -0.39 is 10.1 Å². The minimum Gasteiger partial charge on any atom is -0.286 e. The van der Waals surface area contributed by atoms with Gasteiger partial charge in [0, 0.05) is 10.4 Å². The van der Waals surface area contributed by atoms with Gasteiger partial charge in [-0.25, -0.2) is 4.98 Å². The maximum atomic E-state index is 10.5. The molecule has 0 aliphatic heterocycles. The van der Waals surface area contributed by atoms with Gasteiger partial charge in [0.15, 0.2) is 0 Å². The summed E-state index contributed by atoms with van der Waals surface area (Å²) in [4.78, 5) is 4.39. The fourth-order valence-corrected chi connectivity index (χ4v) is 2.22. The minimum atomic E-state index is -3.91. The predicted octanol–water partition coefficient (Wildman–Crippen LogP) is 3.18. The lowest BCUT2D eigenvalue weighted by Crippen LogP contribution is -2.01. The third-order valence-corrected chi connectivity index (χ3v) is 3.49. The van der Waals surface area contributed by atoms with Crippen LogP contribution in [-0.4, -0.2) is 23.7 Å². The van der Waals surface area contributed by atoms with Crippen molar-refractivity contribution in [1.82, 2.24) is 4.98 Å². The van der Waals surface area contributed by atoms with Gasteiger partial charge in [-0.3, -0.25) is 4.55 Å². The van der Waals surface area contributed by atoms with Gasteiger partial charge in [0.05, 0.1) is 17.0 Å². The Morgan fingerprint density at radius 1 is 1.26 bits per heavy atom. The third-order valence-electron chi connectivity index (χ3n) is 2.51. The third kappa shape index (κ3) is 4.31. The number of aromatic nitrogens is 1. The lowest BCUT2D eigenvalue weighted by Gasteiger charge is -1.99. The van der Waals surface area contributed by atoms with Gasteiger partial charge in [0.25, 0.3) is 10.1 Å². The molecule has 4 nitrogen and oxygen atoms in total. The maximum absolute atomic E-state index is 10.5. The number of benzene rings is 1. The van der Waals surface area contributed by atoms with Gasteiger partial charge in [-0.1, -0.05) is 29.8 Å². The first-order valence-corrected chi connectivity index (χ1v) is 7.61. The number of hydrogen-bond donors (Lipinski definition) is 1. The lowest BCUT2D eigenvalue weighted by molar-refractivity contribution is 0.483. The van der Waals surface area contributed by atoms with Gasteiger partial charge < -0.3 is 0 Å². The molecule has 6 heteroatoms. The van der Waals surface area contributed by atoms with E-state index in [2.05, 4.69) is 4.98 Å². The van der Waals surface area contributed by atoms with E-state index in [0.717, 1.165) is 10.9 Å². The quantitative estimate of drug-likeness (QED) is 0.880. The molecule has 2 rings (SSSR count). The molecule has 0 spiro atoms. The van der Waals surface area contributed by atoms with Crippen LogP contribution in [0.5, 0.6) is 0 Å². The molecule has 0 atom stereocenters. The van der Waals surface area contributed by atoms with Crippen LogP contribution in [0.25, 0.3) is 17.0 Å². The summed E-state index contributed by atoms with van der Waals surface area (Å²) < 4.78 is 29.7. The summed E-state index contributed by atoms with van der Waals surface area (Å²) in [5, 5.41) is 1.60. The van der Waals surface area contributed by atoms with Gasteiger partial charge >= 0.3 is 0 Å². The van der Waals surface area contributed by atoms with Crippen LogP contribution >= 0.6 is 11.6 Å². The first-order valence-electron chi connectivity index (χ1n) is 5.62. The second-order valence-corrected chi connectivity index (χ2v) is 6.06. The lowest BCUT2D eigenvalue weighted by atomic mass is 10.2. The second kappa shape index (κ2) is 5.69. The molecule has 1 heterocycles. The Morgan fingerprint density at radius 2 is 2.00 bits per heavy atom. The fourth-order valence-electron chi connectivity index (χ4n) is 1.62. The Morgan fingerprint density at radius 3 is 2.74 bits per heavy atom. The highest BCUT2D eigenvalue weighted by molar-refractivity contribution is 7.85.